The van der Waals surface area contributed by atoms with Crippen LogP contribution < -0.4 is 0 Å². The second-order valence-corrected chi connectivity index (χ2v) is 6.88. The van der Waals surface area contributed by atoms with Crippen molar-refractivity contribution < 1.29 is 28.0 Å². The molecule has 0 aromatic heterocycles. The molecule has 0 aliphatic carbocycles. The molecule has 0 fully saturated rings. The van der Waals surface area contributed by atoms with Gasteiger partial charge in [0, 0.05) is 27.7 Å². The maximum absolute atomic E-state index is 13.2. The van der Waals surface area contributed by atoms with Gasteiger partial charge < -0.3 is 5.11 Å². The Labute approximate surface area is 164 Å². The number of nitrogens with zero attached hydrogens (tertiary/aromatic N) is 3. The largest absolute Gasteiger partial charge is 0.431 e. The Kier molecular flexibility index (Phi) is 4.98. The highest BCUT2D eigenvalue weighted by molar-refractivity contribution is 9.10. The lowest BCUT2D eigenvalue weighted by Gasteiger charge is -2.31. The third kappa shape index (κ3) is 3.62. The molecule has 0 saturated carbocycles. The van der Waals surface area contributed by atoms with Crippen molar-refractivity contribution in [1.29, 1.82) is 0 Å². The molecule has 0 saturated heterocycles. The van der Waals surface area contributed by atoms with E-state index in [9.17, 15) is 33.2 Å². The van der Waals surface area contributed by atoms with Gasteiger partial charge in [-0.2, -0.15) is 23.3 Å². The summed E-state index contributed by atoms with van der Waals surface area (Å²) in [4.78, 5) is 22.9. The molecule has 1 heterocycles. The van der Waals surface area contributed by atoms with E-state index in [1.165, 1.54) is 18.2 Å². The Balaban J connectivity index is 2.07. The van der Waals surface area contributed by atoms with Crippen molar-refractivity contribution in [3.8, 4) is 0 Å². The van der Waals surface area contributed by atoms with Gasteiger partial charge in [-0.3, -0.25) is 14.9 Å². The lowest BCUT2D eigenvalue weighted by Crippen LogP contribution is -2.43. The maximum atomic E-state index is 13.2. The van der Waals surface area contributed by atoms with Crippen LogP contribution in [-0.2, 0) is 5.72 Å². The summed E-state index contributed by atoms with van der Waals surface area (Å²) in [5.41, 5.74) is -4.23. The Morgan fingerprint density at radius 2 is 1.89 bits per heavy atom. The number of carbonyl (C=O) groups is 1. The number of amides is 1. The normalized spacial score (nSPS) is 19.5. The number of hydrogen-bond acceptors (Lipinski definition) is 5. The highest BCUT2D eigenvalue weighted by atomic mass is 79.9. The van der Waals surface area contributed by atoms with E-state index in [1.54, 1.807) is 6.07 Å². The first-order valence-corrected chi connectivity index (χ1v) is 8.54. The van der Waals surface area contributed by atoms with Crippen LogP contribution in [0, 0.1) is 10.1 Å². The zero-order valence-corrected chi connectivity index (χ0v) is 15.4. The molecule has 2 aromatic carbocycles. The molecule has 1 aliphatic rings. The Morgan fingerprint density at radius 3 is 2.43 bits per heavy atom. The van der Waals surface area contributed by atoms with E-state index in [0.717, 1.165) is 24.3 Å². The van der Waals surface area contributed by atoms with Crippen LogP contribution in [-0.4, -0.2) is 32.8 Å². The number of benzene rings is 2. The van der Waals surface area contributed by atoms with Gasteiger partial charge in [-0.1, -0.05) is 22.0 Å². The lowest BCUT2D eigenvalue weighted by molar-refractivity contribution is -0.384. The number of carbonyl (C=O) groups excluding carboxylic acids is 1. The number of rotatable bonds is 3. The van der Waals surface area contributed by atoms with Gasteiger partial charge in [0.05, 0.1) is 11.3 Å². The summed E-state index contributed by atoms with van der Waals surface area (Å²) in [5, 5.41) is 25.5. The molecular formula is C17H11BrF3N3O4. The molecule has 1 N–H and O–H groups in total. The molecule has 1 atom stereocenters. The molecule has 28 heavy (non-hydrogen) atoms. The average Bonchev–Trinajstić information content (AvgIpc) is 3.00. The van der Waals surface area contributed by atoms with Crippen molar-refractivity contribution in [2.75, 3.05) is 0 Å². The molecule has 3 rings (SSSR count). The first-order chi connectivity index (χ1) is 13.0. The Morgan fingerprint density at radius 1 is 1.25 bits per heavy atom. The fraction of sp³-hybridized carbons (Fsp3) is 0.176. The number of halogens is 4. The summed E-state index contributed by atoms with van der Waals surface area (Å²) in [6.07, 6.45) is -5.87. The highest BCUT2D eigenvalue weighted by Crippen LogP contribution is 2.40. The highest BCUT2D eigenvalue weighted by Gasteiger charge is 2.53. The first kappa shape index (κ1) is 20.0. The standard InChI is InChI=1S/C17H11BrF3N3O4/c18-12-3-1-2-10(8-12)15(25)23-16(26,9-14(22-23)17(19,20)21)11-4-6-13(7-5-11)24(27)28/h1-8,26H,9H2/t16-/m0/s1. The zero-order valence-electron chi connectivity index (χ0n) is 13.9. The molecule has 0 spiro atoms. The summed E-state index contributed by atoms with van der Waals surface area (Å²) < 4.78 is 40.2. The molecule has 0 radical (unpaired) electrons. The minimum Gasteiger partial charge on any atom is -0.365 e. The van der Waals surface area contributed by atoms with E-state index in [4.69, 9.17) is 0 Å². The van der Waals surface area contributed by atoms with Crippen LogP contribution in [0.3, 0.4) is 0 Å². The maximum Gasteiger partial charge on any atom is 0.431 e. The van der Waals surface area contributed by atoms with Gasteiger partial charge >= 0.3 is 6.18 Å². The van der Waals surface area contributed by atoms with Gasteiger partial charge in [-0.15, -0.1) is 0 Å². The van der Waals surface area contributed by atoms with Gasteiger partial charge in [0.2, 0.25) is 0 Å². The molecule has 7 nitrogen and oxygen atoms in total. The van der Waals surface area contributed by atoms with Crippen LogP contribution in [0.1, 0.15) is 22.3 Å². The topological polar surface area (TPSA) is 96.0 Å². The van der Waals surface area contributed by atoms with E-state index in [2.05, 4.69) is 21.0 Å². The van der Waals surface area contributed by atoms with E-state index in [1.807, 2.05) is 0 Å². The van der Waals surface area contributed by atoms with Gasteiger partial charge in [0.15, 0.2) is 5.72 Å². The minimum absolute atomic E-state index is 0.00175. The minimum atomic E-state index is -4.86. The smallest absolute Gasteiger partial charge is 0.365 e. The summed E-state index contributed by atoms with van der Waals surface area (Å²) in [6, 6.07) is 10.1. The molecule has 11 heteroatoms. The molecule has 0 unspecified atom stereocenters. The Hall–Kier alpha value is -2.79. The first-order valence-electron chi connectivity index (χ1n) is 7.74. The average molecular weight is 458 g/mol. The predicted octanol–water partition coefficient (Wildman–Crippen LogP) is 3.97. The number of non-ortho nitro benzene ring substituents is 1. The molecule has 146 valence electrons. The molecule has 0 bridgehead atoms. The van der Waals surface area contributed by atoms with Crippen LogP contribution in [0.25, 0.3) is 0 Å². The molecule has 1 aliphatic heterocycles. The summed E-state index contributed by atoms with van der Waals surface area (Å²) in [6.45, 7) is 0. The summed E-state index contributed by atoms with van der Waals surface area (Å²) in [7, 11) is 0. The van der Waals surface area contributed by atoms with E-state index in [-0.39, 0.29) is 16.8 Å². The van der Waals surface area contributed by atoms with Gasteiger partial charge in [0.1, 0.15) is 5.71 Å². The SMILES string of the molecule is O=C(c1cccc(Br)c1)N1N=C(C(F)(F)F)C[C@]1(O)c1ccc([N+](=O)[O-])cc1. The summed E-state index contributed by atoms with van der Waals surface area (Å²) in [5.74, 6) is -0.957. The monoisotopic (exact) mass is 457 g/mol. The number of hydrazone groups is 1. The fourth-order valence-corrected chi connectivity index (χ4v) is 3.13. The van der Waals surface area contributed by atoms with Crippen molar-refractivity contribution in [2.45, 2.75) is 18.3 Å². The van der Waals surface area contributed by atoms with Gasteiger partial charge in [0.25, 0.3) is 11.6 Å². The number of nitro benzene ring substituents is 1. The molecule has 1 amide bonds. The van der Waals surface area contributed by atoms with Crippen molar-refractivity contribution in [1.82, 2.24) is 5.01 Å². The van der Waals surface area contributed by atoms with Crippen LogP contribution in [0.15, 0.2) is 58.1 Å². The Bertz CT molecular complexity index is 978. The van der Waals surface area contributed by atoms with Crippen molar-refractivity contribution >= 4 is 33.2 Å². The predicted molar refractivity (Wildman–Crippen MR) is 95.4 cm³/mol. The second-order valence-electron chi connectivity index (χ2n) is 5.97. The number of hydrogen-bond donors (Lipinski definition) is 1. The lowest BCUT2D eigenvalue weighted by atomic mass is 9.96. The molecule has 2 aromatic rings. The quantitative estimate of drug-likeness (QED) is 0.557. The second kappa shape index (κ2) is 6.99. The number of nitro groups is 1. The van der Waals surface area contributed by atoms with Crippen molar-refractivity contribution in [3.63, 3.8) is 0 Å². The summed E-state index contributed by atoms with van der Waals surface area (Å²) >= 11 is 3.16. The molecular weight excluding hydrogens is 447 g/mol. The van der Waals surface area contributed by atoms with Crippen molar-refractivity contribution in [3.05, 3.63) is 74.2 Å². The van der Waals surface area contributed by atoms with Crippen molar-refractivity contribution in [2.24, 2.45) is 5.10 Å². The van der Waals surface area contributed by atoms with Crippen LogP contribution in [0.2, 0.25) is 0 Å². The van der Waals surface area contributed by atoms with E-state index >= 15 is 0 Å². The van der Waals surface area contributed by atoms with E-state index in [0.29, 0.717) is 9.48 Å². The fourth-order valence-electron chi connectivity index (χ4n) is 2.74. The van der Waals surface area contributed by atoms with Crippen LogP contribution >= 0.6 is 15.9 Å². The van der Waals surface area contributed by atoms with Gasteiger partial charge in [-0.25, -0.2) is 0 Å². The third-order valence-electron chi connectivity index (χ3n) is 4.12. The number of aliphatic hydroxyl groups is 1. The van der Waals surface area contributed by atoms with Gasteiger partial charge in [-0.05, 0) is 30.3 Å². The third-order valence-corrected chi connectivity index (χ3v) is 4.61. The van der Waals surface area contributed by atoms with Crippen LogP contribution in [0.4, 0.5) is 18.9 Å². The van der Waals surface area contributed by atoms with Crippen LogP contribution in [0.5, 0.6) is 0 Å². The van der Waals surface area contributed by atoms with E-state index < -0.39 is 34.9 Å². The zero-order chi connectivity index (χ0) is 20.7. The number of alkyl halides is 3.